The number of halogens is 1. The van der Waals surface area contributed by atoms with E-state index in [-0.39, 0.29) is 23.5 Å². The maximum atomic E-state index is 13.5. The number of fused-ring (bicyclic) bond motifs is 1. The molecule has 5 heteroatoms. The molecule has 140 valence electrons. The zero-order valence-electron chi connectivity index (χ0n) is 15.3. The molecule has 2 aromatic rings. The van der Waals surface area contributed by atoms with Crippen LogP contribution in [0.25, 0.3) is 0 Å². The summed E-state index contributed by atoms with van der Waals surface area (Å²) in [6.45, 7) is 1.46. The quantitative estimate of drug-likeness (QED) is 0.843. The highest BCUT2D eigenvalue weighted by Crippen LogP contribution is 2.41. The molecule has 0 saturated heterocycles. The van der Waals surface area contributed by atoms with Crippen molar-refractivity contribution in [2.45, 2.75) is 43.4 Å². The van der Waals surface area contributed by atoms with Crippen LogP contribution in [0.15, 0.2) is 53.5 Å². The average molecular weight is 365 g/mol. The molecule has 5 rings (SSSR count). The van der Waals surface area contributed by atoms with Crippen LogP contribution in [-0.2, 0) is 11.2 Å². The number of nitrogens with two attached hydrogens (primary N) is 1. The Hall–Kier alpha value is -2.40. The van der Waals surface area contributed by atoms with E-state index >= 15 is 0 Å². The van der Waals surface area contributed by atoms with Gasteiger partial charge < -0.3 is 15.4 Å². The molecule has 0 bridgehead atoms. The Morgan fingerprint density at radius 1 is 1.15 bits per heavy atom. The molecule has 2 aliphatic heterocycles. The summed E-state index contributed by atoms with van der Waals surface area (Å²) in [5.41, 5.74) is 9.62. The Bertz CT molecular complexity index is 881. The van der Waals surface area contributed by atoms with Crippen LogP contribution in [0.5, 0.6) is 0 Å². The van der Waals surface area contributed by atoms with Crippen molar-refractivity contribution in [3.05, 3.63) is 71.0 Å². The van der Waals surface area contributed by atoms with Crippen LogP contribution < -0.4 is 5.73 Å². The van der Waals surface area contributed by atoms with E-state index in [1.165, 1.54) is 23.3 Å². The molecule has 1 fully saturated rings. The third-order valence-corrected chi connectivity index (χ3v) is 6.28. The SMILES string of the molecule is N[C@@H]1CCC[C@@]12CN=C(N1CCc3ccccc3[C@@H]1c1ccc(F)cc1)O2. The molecule has 4 nitrogen and oxygen atoms in total. The van der Waals surface area contributed by atoms with Gasteiger partial charge in [0.15, 0.2) is 0 Å². The molecule has 3 atom stereocenters. The van der Waals surface area contributed by atoms with Gasteiger partial charge in [0.25, 0.3) is 6.02 Å². The first-order chi connectivity index (χ1) is 13.2. The van der Waals surface area contributed by atoms with Crippen molar-refractivity contribution in [1.29, 1.82) is 0 Å². The lowest BCUT2D eigenvalue weighted by Gasteiger charge is -2.39. The first kappa shape index (κ1) is 16.8. The predicted molar refractivity (Wildman–Crippen MR) is 103 cm³/mol. The monoisotopic (exact) mass is 365 g/mol. The lowest BCUT2D eigenvalue weighted by atomic mass is 9.88. The van der Waals surface area contributed by atoms with E-state index in [0.29, 0.717) is 12.6 Å². The molecular weight excluding hydrogens is 341 g/mol. The molecule has 0 unspecified atom stereocenters. The molecule has 1 saturated carbocycles. The van der Waals surface area contributed by atoms with Crippen molar-refractivity contribution in [3.63, 3.8) is 0 Å². The standard InChI is InChI=1S/C22H24FN3O/c23-17-9-7-16(8-10-17)20-18-5-2-1-4-15(18)11-13-26(20)21-25-14-22(27-21)12-3-6-19(22)24/h1-2,4-5,7-10,19-20H,3,6,11-14,24H2/t19-,20+,22-/m1/s1. The van der Waals surface area contributed by atoms with Crippen molar-refractivity contribution in [1.82, 2.24) is 4.90 Å². The van der Waals surface area contributed by atoms with E-state index in [2.05, 4.69) is 29.2 Å². The Morgan fingerprint density at radius 2 is 1.96 bits per heavy atom. The average Bonchev–Trinajstić information content (AvgIpc) is 3.28. The number of hydrogen-bond donors (Lipinski definition) is 1. The molecule has 2 N–H and O–H groups in total. The number of hydrogen-bond acceptors (Lipinski definition) is 4. The lowest BCUT2D eigenvalue weighted by molar-refractivity contribution is 0.0551. The first-order valence-corrected chi connectivity index (χ1v) is 9.75. The van der Waals surface area contributed by atoms with Gasteiger partial charge in [-0.1, -0.05) is 36.4 Å². The van der Waals surface area contributed by atoms with Crippen LogP contribution >= 0.6 is 0 Å². The summed E-state index contributed by atoms with van der Waals surface area (Å²) in [4.78, 5) is 7.01. The van der Waals surface area contributed by atoms with Gasteiger partial charge in [0, 0.05) is 12.6 Å². The molecule has 1 aliphatic carbocycles. The minimum Gasteiger partial charge on any atom is -0.455 e. The molecule has 0 amide bonds. The fraction of sp³-hybridized carbons (Fsp3) is 0.409. The molecule has 2 aromatic carbocycles. The van der Waals surface area contributed by atoms with Crippen molar-refractivity contribution in [2.24, 2.45) is 10.7 Å². The summed E-state index contributed by atoms with van der Waals surface area (Å²) in [5.74, 6) is -0.222. The van der Waals surface area contributed by atoms with Crippen molar-refractivity contribution < 1.29 is 9.13 Å². The van der Waals surface area contributed by atoms with E-state index in [1.807, 2.05) is 12.1 Å². The van der Waals surface area contributed by atoms with E-state index in [9.17, 15) is 4.39 Å². The van der Waals surface area contributed by atoms with Gasteiger partial charge in [-0.05, 0) is 54.5 Å². The Balaban J connectivity index is 1.52. The maximum Gasteiger partial charge on any atom is 0.288 e. The zero-order chi connectivity index (χ0) is 18.4. The second kappa shape index (κ2) is 6.34. The fourth-order valence-corrected chi connectivity index (χ4v) is 4.77. The molecule has 1 spiro atoms. The minimum absolute atomic E-state index is 0.0259. The number of rotatable bonds is 1. The van der Waals surface area contributed by atoms with Crippen molar-refractivity contribution in [2.75, 3.05) is 13.1 Å². The second-order valence-electron chi connectivity index (χ2n) is 7.86. The molecule has 0 aromatic heterocycles. The van der Waals surface area contributed by atoms with Crippen LogP contribution in [-0.4, -0.2) is 35.7 Å². The summed E-state index contributed by atoms with van der Waals surface area (Å²) in [5, 5.41) is 0. The fourth-order valence-electron chi connectivity index (χ4n) is 4.77. The Morgan fingerprint density at radius 3 is 2.74 bits per heavy atom. The van der Waals surface area contributed by atoms with E-state index in [0.717, 1.165) is 37.8 Å². The Labute approximate surface area is 158 Å². The Kier molecular flexibility index (Phi) is 3.93. The van der Waals surface area contributed by atoms with Crippen LogP contribution in [0.2, 0.25) is 0 Å². The summed E-state index contributed by atoms with van der Waals surface area (Å²) >= 11 is 0. The first-order valence-electron chi connectivity index (χ1n) is 9.75. The van der Waals surface area contributed by atoms with Gasteiger partial charge in [0.05, 0.1) is 12.6 Å². The van der Waals surface area contributed by atoms with Crippen LogP contribution in [0.1, 0.15) is 42.0 Å². The molecular formula is C22H24FN3O. The molecule has 0 radical (unpaired) electrons. The molecule has 27 heavy (non-hydrogen) atoms. The van der Waals surface area contributed by atoms with Gasteiger partial charge in [0.1, 0.15) is 11.4 Å². The third-order valence-electron chi connectivity index (χ3n) is 6.28. The smallest absolute Gasteiger partial charge is 0.288 e. The number of aliphatic imine (C=N–C) groups is 1. The van der Waals surface area contributed by atoms with Crippen LogP contribution in [0, 0.1) is 5.82 Å². The highest BCUT2D eigenvalue weighted by molar-refractivity contribution is 5.78. The largest absolute Gasteiger partial charge is 0.455 e. The van der Waals surface area contributed by atoms with Gasteiger partial charge in [-0.25, -0.2) is 9.38 Å². The molecule has 3 aliphatic rings. The van der Waals surface area contributed by atoms with Crippen molar-refractivity contribution >= 4 is 6.02 Å². The van der Waals surface area contributed by atoms with Gasteiger partial charge in [0.2, 0.25) is 0 Å². The number of ether oxygens (including phenoxy) is 1. The highest BCUT2D eigenvalue weighted by atomic mass is 19.1. The van der Waals surface area contributed by atoms with Crippen LogP contribution in [0.3, 0.4) is 0 Å². The summed E-state index contributed by atoms with van der Waals surface area (Å²) < 4.78 is 19.9. The summed E-state index contributed by atoms with van der Waals surface area (Å²) in [6, 6.07) is 15.9. The zero-order valence-corrected chi connectivity index (χ0v) is 15.3. The van der Waals surface area contributed by atoms with Gasteiger partial charge in [-0.2, -0.15) is 0 Å². The van der Waals surface area contributed by atoms with Gasteiger partial charge in [-0.15, -0.1) is 0 Å². The van der Waals surface area contributed by atoms with E-state index in [1.54, 1.807) is 0 Å². The predicted octanol–water partition coefficient (Wildman–Crippen LogP) is 3.41. The number of amidine groups is 1. The lowest BCUT2D eigenvalue weighted by Crippen LogP contribution is -2.49. The highest BCUT2D eigenvalue weighted by Gasteiger charge is 2.49. The third kappa shape index (κ3) is 2.72. The molecule has 2 heterocycles. The van der Waals surface area contributed by atoms with Gasteiger partial charge in [-0.3, -0.25) is 0 Å². The van der Waals surface area contributed by atoms with E-state index < -0.39 is 0 Å². The van der Waals surface area contributed by atoms with Gasteiger partial charge >= 0.3 is 0 Å². The topological polar surface area (TPSA) is 50.8 Å². The maximum absolute atomic E-state index is 13.5. The summed E-state index contributed by atoms with van der Waals surface area (Å²) in [6.07, 6.45) is 3.99. The normalized spacial score (nSPS) is 29.6. The summed E-state index contributed by atoms with van der Waals surface area (Å²) in [7, 11) is 0. The second-order valence-corrected chi connectivity index (χ2v) is 7.86. The number of nitrogens with zero attached hydrogens (tertiary/aromatic N) is 2. The van der Waals surface area contributed by atoms with Crippen molar-refractivity contribution in [3.8, 4) is 0 Å². The number of benzene rings is 2. The van der Waals surface area contributed by atoms with E-state index in [4.69, 9.17) is 15.5 Å². The minimum atomic E-state index is -0.334. The van der Waals surface area contributed by atoms with Crippen LogP contribution in [0.4, 0.5) is 4.39 Å².